The van der Waals surface area contributed by atoms with Gasteiger partial charge in [0.1, 0.15) is 0 Å². The first-order valence-electron chi connectivity index (χ1n) is 6.82. The molecule has 1 heterocycles. The van der Waals surface area contributed by atoms with E-state index in [-0.39, 0.29) is 0 Å². The third-order valence-electron chi connectivity index (χ3n) is 3.48. The fourth-order valence-corrected chi connectivity index (χ4v) is 4.86. The number of hydrogen-bond donors (Lipinski definition) is 1. The zero-order valence-corrected chi connectivity index (χ0v) is 14.2. The van der Waals surface area contributed by atoms with Gasteiger partial charge >= 0.3 is 0 Å². The molecule has 0 atom stereocenters. The largest absolute Gasteiger partial charge is 0.280 e. The topological polar surface area (TPSA) is 59.1 Å². The van der Waals surface area contributed by atoms with Crippen molar-refractivity contribution in [3.05, 3.63) is 53.2 Å². The zero-order chi connectivity index (χ0) is 15.9. The van der Waals surface area contributed by atoms with Crippen LogP contribution in [0.5, 0.6) is 0 Å². The Hall–Kier alpha value is -1.92. The summed E-state index contributed by atoms with van der Waals surface area (Å²) in [6.07, 6.45) is 1.74. The third kappa shape index (κ3) is 2.71. The molecule has 6 heteroatoms. The molecule has 0 saturated heterocycles. The van der Waals surface area contributed by atoms with Gasteiger partial charge in [0.2, 0.25) is 0 Å². The quantitative estimate of drug-likeness (QED) is 0.788. The molecule has 0 bridgehead atoms. The lowest BCUT2D eigenvalue weighted by Gasteiger charge is -2.14. The van der Waals surface area contributed by atoms with Crippen LogP contribution in [0.4, 0.5) is 5.69 Å². The summed E-state index contributed by atoms with van der Waals surface area (Å²) in [5.74, 6) is 0. The predicted molar refractivity (Wildman–Crippen MR) is 91.1 cm³/mol. The minimum atomic E-state index is -3.61. The van der Waals surface area contributed by atoms with Crippen LogP contribution in [0, 0.1) is 20.8 Å². The number of aryl methyl sites for hydroxylation is 3. The normalized spacial score (nSPS) is 11.8. The van der Waals surface area contributed by atoms with E-state index in [1.54, 1.807) is 18.3 Å². The average Bonchev–Trinajstić information content (AvgIpc) is 2.83. The number of benzene rings is 2. The second kappa shape index (κ2) is 5.37. The van der Waals surface area contributed by atoms with Gasteiger partial charge in [0.15, 0.2) is 0 Å². The lowest BCUT2D eigenvalue weighted by atomic mass is 10.1. The Morgan fingerprint density at radius 3 is 2.41 bits per heavy atom. The van der Waals surface area contributed by atoms with E-state index in [4.69, 9.17) is 0 Å². The third-order valence-corrected chi connectivity index (χ3v) is 5.94. The van der Waals surface area contributed by atoms with E-state index >= 15 is 0 Å². The summed E-state index contributed by atoms with van der Waals surface area (Å²) in [6, 6.07) is 9.20. The molecule has 3 aromatic rings. The van der Waals surface area contributed by atoms with Gasteiger partial charge in [0.05, 0.1) is 9.60 Å². The number of sulfonamides is 1. The maximum Gasteiger partial charge on any atom is 0.262 e. The van der Waals surface area contributed by atoms with E-state index in [0.717, 1.165) is 26.8 Å². The molecule has 22 heavy (non-hydrogen) atoms. The van der Waals surface area contributed by atoms with Crippen molar-refractivity contribution >= 4 is 37.3 Å². The summed E-state index contributed by atoms with van der Waals surface area (Å²) in [4.78, 5) is 0.349. The van der Waals surface area contributed by atoms with Crippen molar-refractivity contribution in [2.75, 3.05) is 4.72 Å². The second-order valence-corrected chi connectivity index (χ2v) is 7.86. The van der Waals surface area contributed by atoms with Gasteiger partial charge in [-0.05, 0) is 61.6 Å². The molecule has 0 spiro atoms. The van der Waals surface area contributed by atoms with Crippen LogP contribution in [-0.2, 0) is 10.0 Å². The van der Waals surface area contributed by atoms with Crippen LogP contribution >= 0.6 is 11.5 Å². The molecule has 2 aromatic carbocycles. The smallest absolute Gasteiger partial charge is 0.262 e. The molecule has 3 rings (SSSR count). The van der Waals surface area contributed by atoms with Gasteiger partial charge < -0.3 is 0 Å². The van der Waals surface area contributed by atoms with Crippen LogP contribution in [0.2, 0.25) is 0 Å². The van der Waals surface area contributed by atoms with Crippen molar-refractivity contribution < 1.29 is 8.42 Å². The van der Waals surface area contributed by atoms with E-state index in [9.17, 15) is 8.42 Å². The van der Waals surface area contributed by atoms with E-state index in [1.165, 1.54) is 11.5 Å². The van der Waals surface area contributed by atoms with Gasteiger partial charge in [-0.15, -0.1) is 0 Å². The SMILES string of the molecule is Cc1cc(C)c(S(=O)(=O)Nc2ccc3sncc3c2)c(C)c1. The Bertz CT molecular complexity index is 936. The molecule has 4 nitrogen and oxygen atoms in total. The number of rotatable bonds is 3. The maximum absolute atomic E-state index is 12.7. The van der Waals surface area contributed by atoms with Crippen molar-refractivity contribution in [3.8, 4) is 0 Å². The fourth-order valence-electron chi connectivity index (χ4n) is 2.73. The maximum atomic E-state index is 12.7. The Balaban J connectivity index is 2.03. The van der Waals surface area contributed by atoms with Crippen LogP contribution in [-0.4, -0.2) is 12.8 Å². The zero-order valence-electron chi connectivity index (χ0n) is 12.5. The van der Waals surface area contributed by atoms with Crippen molar-refractivity contribution in [1.29, 1.82) is 0 Å². The minimum absolute atomic E-state index is 0.349. The Labute approximate surface area is 134 Å². The molecule has 0 aliphatic carbocycles. The molecule has 0 amide bonds. The summed E-state index contributed by atoms with van der Waals surface area (Å²) in [5.41, 5.74) is 3.11. The first-order chi connectivity index (χ1) is 10.4. The molecule has 1 N–H and O–H groups in total. The van der Waals surface area contributed by atoms with Gasteiger partial charge in [0, 0.05) is 17.3 Å². The Kier molecular flexibility index (Phi) is 3.66. The summed E-state index contributed by atoms with van der Waals surface area (Å²) in [5, 5.41) is 0.933. The standard InChI is InChI=1S/C16H16N2O2S2/c1-10-6-11(2)16(12(3)7-10)22(19,20)18-14-4-5-15-13(8-14)9-17-21-15/h4-9,18H,1-3H3. The van der Waals surface area contributed by atoms with Gasteiger partial charge in [-0.3, -0.25) is 4.72 Å². The summed E-state index contributed by atoms with van der Waals surface area (Å²) >= 11 is 1.39. The highest BCUT2D eigenvalue weighted by Crippen LogP contribution is 2.27. The summed E-state index contributed by atoms with van der Waals surface area (Å²) < 4.78 is 33.2. The number of nitrogens with zero attached hydrogens (tertiary/aromatic N) is 1. The monoisotopic (exact) mass is 332 g/mol. The summed E-state index contributed by atoms with van der Waals surface area (Å²) in [7, 11) is -3.61. The molecule has 0 aliphatic heterocycles. The molecule has 0 radical (unpaired) electrons. The first-order valence-corrected chi connectivity index (χ1v) is 9.07. The van der Waals surface area contributed by atoms with E-state index in [0.29, 0.717) is 10.6 Å². The average molecular weight is 332 g/mol. The lowest BCUT2D eigenvalue weighted by Crippen LogP contribution is -2.15. The molecule has 0 unspecified atom stereocenters. The number of anilines is 1. The fraction of sp³-hybridized carbons (Fsp3) is 0.188. The van der Waals surface area contributed by atoms with Crippen LogP contribution < -0.4 is 4.72 Å². The Morgan fingerprint density at radius 2 is 1.73 bits per heavy atom. The number of aromatic nitrogens is 1. The van der Waals surface area contributed by atoms with E-state index < -0.39 is 10.0 Å². The minimum Gasteiger partial charge on any atom is -0.280 e. The van der Waals surface area contributed by atoms with E-state index in [1.807, 2.05) is 39.0 Å². The van der Waals surface area contributed by atoms with Crippen LogP contribution in [0.1, 0.15) is 16.7 Å². The van der Waals surface area contributed by atoms with Crippen LogP contribution in [0.25, 0.3) is 10.1 Å². The number of nitrogens with one attached hydrogen (secondary N) is 1. The van der Waals surface area contributed by atoms with Gasteiger partial charge in [-0.1, -0.05) is 17.7 Å². The predicted octanol–water partition coefficient (Wildman–Crippen LogP) is 4.02. The lowest BCUT2D eigenvalue weighted by molar-refractivity contribution is 0.600. The van der Waals surface area contributed by atoms with Gasteiger partial charge in [-0.25, -0.2) is 8.42 Å². The molecule has 0 fully saturated rings. The van der Waals surface area contributed by atoms with Gasteiger partial charge in [-0.2, -0.15) is 4.37 Å². The molecular weight excluding hydrogens is 316 g/mol. The molecular formula is C16H16N2O2S2. The highest BCUT2D eigenvalue weighted by Gasteiger charge is 2.20. The highest BCUT2D eigenvalue weighted by molar-refractivity contribution is 7.92. The summed E-state index contributed by atoms with van der Waals surface area (Å²) in [6.45, 7) is 5.60. The molecule has 114 valence electrons. The van der Waals surface area contributed by atoms with Crippen LogP contribution in [0.3, 0.4) is 0 Å². The molecule has 1 aromatic heterocycles. The van der Waals surface area contributed by atoms with Crippen LogP contribution in [0.15, 0.2) is 41.4 Å². The Morgan fingerprint density at radius 1 is 1.05 bits per heavy atom. The number of hydrogen-bond acceptors (Lipinski definition) is 4. The highest BCUT2D eigenvalue weighted by atomic mass is 32.2. The van der Waals surface area contributed by atoms with Gasteiger partial charge in [0.25, 0.3) is 10.0 Å². The first kappa shape index (κ1) is 15.0. The number of fused-ring (bicyclic) bond motifs is 1. The van der Waals surface area contributed by atoms with Crippen molar-refractivity contribution in [3.63, 3.8) is 0 Å². The van der Waals surface area contributed by atoms with Crippen molar-refractivity contribution in [2.45, 2.75) is 25.7 Å². The second-order valence-electron chi connectivity index (χ2n) is 5.41. The molecule has 0 aliphatic rings. The van der Waals surface area contributed by atoms with E-state index in [2.05, 4.69) is 9.10 Å². The van der Waals surface area contributed by atoms with Crippen molar-refractivity contribution in [2.24, 2.45) is 0 Å². The van der Waals surface area contributed by atoms with Crippen molar-refractivity contribution in [1.82, 2.24) is 4.37 Å². The molecule has 0 saturated carbocycles.